The van der Waals surface area contributed by atoms with E-state index in [0.29, 0.717) is 5.92 Å². The van der Waals surface area contributed by atoms with Gasteiger partial charge in [0.25, 0.3) is 0 Å². The fourth-order valence-electron chi connectivity index (χ4n) is 3.07. The van der Waals surface area contributed by atoms with E-state index in [9.17, 15) is 8.42 Å². The summed E-state index contributed by atoms with van der Waals surface area (Å²) < 4.78 is 26.9. The van der Waals surface area contributed by atoms with E-state index in [-0.39, 0.29) is 11.8 Å². The molecule has 1 atom stereocenters. The van der Waals surface area contributed by atoms with Gasteiger partial charge in [0, 0.05) is 18.0 Å². The van der Waals surface area contributed by atoms with Gasteiger partial charge in [-0.3, -0.25) is 4.98 Å². The molecule has 4 nitrogen and oxygen atoms in total. The van der Waals surface area contributed by atoms with Crippen LogP contribution in [0, 0.1) is 19.8 Å². The number of hydrogen-bond acceptors (Lipinski definition) is 3. The number of aryl methyl sites for hydroxylation is 2. The summed E-state index contributed by atoms with van der Waals surface area (Å²) in [5.74, 6) is 0.475. The van der Waals surface area contributed by atoms with Crippen LogP contribution >= 0.6 is 0 Å². The Kier molecular flexibility index (Phi) is 4.74. The zero-order chi connectivity index (χ0) is 17.3. The van der Waals surface area contributed by atoms with Gasteiger partial charge in [0.1, 0.15) is 0 Å². The lowest BCUT2D eigenvalue weighted by Gasteiger charge is -2.19. The molecule has 2 aromatic rings. The van der Waals surface area contributed by atoms with Crippen LogP contribution in [0.1, 0.15) is 42.5 Å². The summed E-state index contributed by atoms with van der Waals surface area (Å²) >= 11 is 0. The summed E-state index contributed by atoms with van der Waals surface area (Å²) in [7, 11) is -3.24. The van der Waals surface area contributed by atoms with Crippen LogP contribution in [-0.2, 0) is 10.0 Å². The molecule has 1 aromatic heterocycles. The molecule has 1 N–H and O–H groups in total. The molecule has 1 unspecified atom stereocenters. The van der Waals surface area contributed by atoms with Crippen molar-refractivity contribution in [3.63, 3.8) is 0 Å². The lowest BCUT2D eigenvalue weighted by Crippen LogP contribution is -2.31. The number of pyridine rings is 1. The molecule has 0 spiro atoms. The Hall–Kier alpha value is -1.72. The topological polar surface area (TPSA) is 59.1 Å². The van der Waals surface area contributed by atoms with Crippen LogP contribution in [-0.4, -0.2) is 19.2 Å². The number of hydrogen-bond donors (Lipinski definition) is 1. The number of nitrogens with one attached hydrogen (secondary N) is 1. The minimum Gasteiger partial charge on any atom is -0.264 e. The second kappa shape index (κ2) is 6.65. The lowest BCUT2D eigenvalue weighted by atomic mass is 9.98. The molecule has 1 fully saturated rings. The average Bonchev–Trinajstić information content (AvgIpc) is 3.37. The highest BCUT2D eigenvalue weighted by molar-refractivity contribution is 7.89. The maximum absolute atomic E-state index is 12.0. The van der Waals surface area contributed by atoms with Crippen LogP contribution in [0.2, 0.25) is 0 Å². The van der Waals surface area contributed by atoms with E-state index in [1.165, 1.54) is 11.1 Å². The van der Waals surface area contributed by atoms with Crippen LogP contribution in [0.3, 0.4) is 0 Å². The molecule has 24 heavy (non-hydrogen) atoms. The highest BCUT2D eigenvalue weighted by Crippen LogP contribution is 2.42. The van der Waals surface area contributed by atoms with Crippen molar-refractivity contribution in [3.05, 3.63) is 53.3 Å². The van der Waals surface area contributed by atoms with Gasteiger partial charge in [-0.2, -0.15) is 0 Å². The summed E-state index contributed by atoms with van der Waals surface area (Å²) in [6, 6.07) is 8.31. The predicted octanol–water partition coefficient (Wildman–Crippen LogP) is 3.76. The molecule has 0 aliphatic heterocycles. The molecule has 1 aliphatic rings. The second-order valence-corrected chi connectivity index (χ2v) is 8.76. The van der Waals surface area contributed by atoms with Crippen molar-refractivity contribution in [2.24, 2.45) is 5.92 Å². The first kappa shape index (κ1) is 17.1. The quantitative estimate of drug-likeness (QED) is 0.868. The van der Waals surface area contributed by atoms with Crippen molar-refractivity contribution in [3.8, 4) is 11.1 Å². The zero-order valence-electron chi connectivity index (χ0n) is 14.4. The van der Waals surface area contributed by atoms with Gasteiger partial charge in [-0.05, 0) is 56.7 Å². The molecule has 1 aliphatic carbocycles. The molecule has 0 amide bonds. The fourth-order valence-corrected chi connectivity index (χ4v) is 3.95. The second-order valence-electron chi connectivity index (χ2n) is 6.72. The number of aromatic nitrogens is 1. The summed E-state index contributed by atoms with van der Waals surface area (Å²) in [5.41, 5.74) is 5.52. The minimum absolute atomic E-state index is 0.0976. The van der Waals surface area contributed by atoms with Gasteiger partial charge in [0.2, 0.25) is 10.0 Å². The van der Waals surface area contributed by atoms with Crippen LogP contribution < -0.4 is 4.72 Å². The lowest BCUT2D eigenvalue weighted by molar-refractivity contribution is 0.529. The van der Waals surface area contributed by atoms with Crippen molar-refractivity contribution in [2.75, 3.05) is 5.75 Å². The number of benzene rings is 1. The Bertz CT molecular complexity index is 822. The van der Waals surface area contributed by atoms with Crippen LogP contribution in [0.15, 0.2) is 36.7 Å². The van der Waals surface area contributed by atoms with E-state index in [1.807, 2.05) is 6.20 Å². The average molecular weight is 344 g/mol. The smallest absolute Gasteiger partial charge is 0.211 e. The minimum atomic E-state index is -3.24. The van der Waals surface area contributed by atoms with Crippen molar-refractivity contribution in [1.29, 1.82) is 0 Å². The zero-order valence-corrected chi connectivity index (χ0v) is 15.2. The van der Waals surface area contributed by atoms with Crippen molar-refractivity contribution in [2.45, 2.75) is 39.7 Å². The first-order valence-corrected chi connectivity index (χ1v) is 10.1. The van der Waals surface area contributed by atoms with Gasteiger partial charge >= 0.3 is 0 Å². The SMILES string of the molecule is CCS(=O)(=O)NC(c1cncc(-c2cc(C)cc(C)c2)c1)C1CC1. The van der Waals surface area contributed by atoms with Gasteiger partial charge in [-0.1, -0.05) is 29.3 Å². The maximum Gasteiger partial charge on any atom is 0.211 e. The molecule has 1 saturated carbocycles. The molecule has 1 aromatic carbocycles. The normalized spacial score (nSPS) is 16.1. The van der Waals surface area contributed by atoms with Crippen LogP contribution in [0.4, 0.5) is 0 Å². The first-order valence-electron chi connectivity index (χ1n) is 8.41. The summed E-state index contributed by atoms with van der Waals surface area (Å²) in [6.45, 7) is 5.82. The predicted molar refractivity (Wildman–Crippen MR) is 97.2 cm³/mol. The Morgan fingerprint density at radius 2 is 1.75 bits per heavy atom. The Morgan fingerprint density at radius 3 is 2.33 bits per heavy atom. The fraction of sp³-hybridized carbons (Fsp3) is 0.421. The third kappa shape index (κ3) is 4.02. The molecule has 0 saturated heterocycles. The molecular weight excluding hydrogens is 320 g/mol. The molecule has 5 heteroatoms. The number of nitrogens with zero attached hydrogens (tertiary/aromatic N) is 1. The highest BCUT2D eigenvalue weighted by atomic mass is 32.2. The van der Waals surface area contributed by atoms with Gasteiger partial charge in [0.05, 0.1) is 11.8 Å². The van der Waals surface area contributed by atoms with E-state index in [1.54, 1.807) is 13.1 Å². The van der Waals surface area contributed by atoms with E-state index in [0.717, 1.165) is 29.5 Å². The molecule has 0 bridgehead atoms. The van der Waals surface area contributed by atoms with E-state index < -0.39 is 10.0 Å². The van der Waals surface area contributed by atoms with Crippen molar-refractivity contribution < 1.29 is 8.42 Å². The largest absolute Gasteiger partial charge is 0.264 e. The van der Waals surface area contributed by atoms with E-state index in [4.69, 9.17) is 0 Å². The van der Waals surface area contributed by atoms with Gasteiger partial charge in [-0.25, -0.2) is 13.1 Å². The molecule has 128 valence electrons. The molecule has 0 radical (unpaired) electrons. The third-order valence-corrected chi connectivity index (χ3v) is 5.83. The monoisotopic (exact) mass is 344 g/mol. The molecule has 3 rings (SSSR count). The van der Waals surface area contributed by atoms with E-state index in [2.05, 4.69) is 47.8 Å². The third-order valence-electron chi connectivity index (χ3n) is 4.45. The first-order chi connectivity index (χ1) is 11.4. The maximum atomic E-state index is 12.0. The number of sulfonamides is 1. The summed E-state index contributed by atoms with van der Waals surface area (Å²) in [6.07, 6.45) is 5.75. The standard InChI is InChI=1S/C19H24N2O2S/c1-4-24(22,23)21-19(15-5-6-15)18-10-17(11-20-12-18)16-8-13(2)7-14(3)9-16/h7-12,15,19,21H,4-6H2,1-3H3. The van der Waals surface area contributed by atoms with Crippen LogP contribution in [0.5, 0.6) is 0 Å². The summed E-state index contributed by atoms with van der Waals surface area (Å²) in [5, 5.41) is 0. The number of rotatable bonds is 6. The van der Waals surface area contributed by atoms with E-state index >= 15 is 0 Å². The Balaban J connectivity index is 1.96. The van der Waals surface area contributed by atoms with Crippen molar-refractivity contribution >= 4 is 10.0 Å². The Labute approximate surface area is 144 Å². The van der Waals surface area contributed by atoms with Gasteiger partial charge in [0.15, 0.2) is 0 Å². The highest BCUT2D eigenvalue weighted by Gasteiger charge is 2.35. The summed E-state index contributed by atoms with van der Waals surface area (Å²) in [4.78, 5) is 4.37. The molecule has 1 heterocycles. The Morgan fingerprint density at radius 1 is 1.08 bits per heavy atom. The van der Waals surface area contributed by atoms with Crippen LogP contribution in [0.25, 0.3) is 11.1 Å². The van der Waals surface area contributed by atoms with Gasteiger partial charge in [-0.15, -0.1) is 0 Å². The molecular formula is C19H24N2O2S. The van der Waals surface area contributed by atoms with Crippen molar-refractivity contribution in [1.82, 2.24) is 9.71 Å². The van der Waals surface area contributed by atoms with Gasteiger partial charge < -0.3 is 0 Å².